The lowest BCUT2D eigenvalue weighted by molar-refractivity contribution is 0.103. The summed E-state index contributed by atoms with van der Waals surface area (Å²) in [6.07, 6.45) is 0. The van der Waals surface area contributed by atoms with Gasteiger partial charge < -0.3 is 9.84 Å². The highest BCUT2D eigenvalue weighted by Gasteiger charge is 2.32. The molecule has 0 unspecified atom stereocenters. The van der Waals surface area contributed by atoms with Gasteiger partial charge in [-0.2, -0.15) is 0 Å². The molecule has 4 heteroatoms. The van der Waals surface area contributed by atoms with E-state index in [1.54, 1.807) is 7.11 Å². The Morgan fingerprint density at radius 3 is 1.55 bits per heavy atom. The molecular formula is C36H20O4. The fourth-order valence-electron chi connectivity index (χ4n) is 7.36. The zero-order valence-corrected chi connectivity index (χ0v) is 21.5. The molecule has 40 heavy (non-hydrogen) atoms. The number of aliphatic hydroxyl groups is 1. The molecular weight excluding hydrogens is 496 g/mol. The van der Waals surface area contributed by atoms with E-state index in [0.717, 1.165) is 70.9 Å². The molecule has 0 saturated heterocycles. The number of hydrogen-bond donors (Lipinski definition) is 1. The number of ketones is 2. The Morgan fingerprint density at radius 1 is 0.525 bits per heavy atom. The Hall–Kier alpha value is -5.06. The van der Waals surface area contributed by atoms with E-state index in [2.05, 4.69) is 0 Å². The Kier molecular flexibility index (Phi) is 3.99. The van der Waals surface area contributed by atoms with Crippen molar-refractivity contribution in [1.29, 1.82) is 0 Å². The van der Waals surface area contributed by atoms with Crippen LogP contribution in [0.25, 0.3) is 65.3 Å². The van der Waals surface area contributed by atoms with Gasteiger partial charge >= 0.3 is 0 Å². The Bertz CT molecular complexity index is 2160. The van der Waals surface area contributed by atoms with E-state index >= 15 is 0 Å². The average molecular weight is 517 g/mol. The van der Waals surface area contributed by atoms with Crippen molar-refractivity contribution in [2.45, 2.75) is 6.61 Å². The molecule has 0 heterocycles. The largest absolute Gasteiger partial charge is 0.496 e. The minimum absolute atomic E-state index is 0.00237. The third kappa shape index (κ3) is 2.38. The van der Waals surface area contributed by atoms with Crippen LogP contribution in [-0.4, -0.2) is 23.8 Å². The van der Waals surface area contributed by atoms with Crippen molar-refractivity contribution in [2.24, 2.45) is 0 Å². The molecule has 0 aromatic heterocycles. The molecule has 1 N–H and O–H groups in total. The van der Waals surface area contributed by atoms with Crippen molar-refractivity contribution in [3.8, 4) is 28.0 Å². The van der Waals surface area contributed by atoms with Crippen LogP contribution >= 0.6 is 0 Å². The van der Waals surface area contributed by atoms with Crippen LogP contribution in [-0.2, 0) is 6.61 Å². The van der Waals surface area contributed by atoms with Gasteiger partial charge in [0.1, 0.15) is 5.75 Å². The number of benzene rings is 7. The zero-order chi connectivity index (χ0) is 26.9. The van der Waals surface area contributed by atoms with E-state index in [0.29, 0.717) is 28.0 Å². The minimum Gasteiger partial charge on any atom is -0.496 e. The first kappa shape index (κ1) is 21.8. The molecule has 2 aliphatic carbocycles. The maximum Gasteiger partial charge on any atom is 0.194 e. The van der Waals surface area contributed by atoms with Crippen molar-refractivity contribution in [3.63, 3.8) is 0 Å². The first-order valence-corrected chi connectivity index (χ1v) is 13.3. The van der Waals surface area contributed by atoms with Crippen molar-refractivity contribution < 1.29 is 19.4 Å². The van der Waals surface area contributed by atoms with Crippen LogP contribution in [0.15, 0.2) is 84.9 Å². The summed E-state index contributed by atoms with van der Waals surface area (Å²) in [6, 6.07) is 27.4. The van der Waals surface area contributed by atoms with Crippen molar-refractivity contribution >= 4 is 54.7 Å². The summed E-state index contributed by atoms with van der Waals surface area (Å²) in [7, 11) is 1.66. The second-order valence-corrected chi connectivity index (χ2v) is 10.7. The summed E-state index contributed by atoms with van der Waals surface area (Å²) in [5.74, 6) is 0.683. The van der Waals surface area contributed by atoms with Gasteiger partial charge in [-0.25, -0.2) is 0 Å². The maximum atomic E-state index is 13.7. The molecule has 0 atom stereocenters. The Balaban J connectivity index is 1.59. The highest BCUT2D eigenvalue weighted by molar-refractivity contribution is 6.42. The molecule has 4 nitrogen and oxygen atoms in total. The Labute approximate surface area is 228 Å². The topological polar surface area (TPSA) is 63.6 Å². The lowest BCUT2D eigenvalue weighted by Gasteiger charge is -2.27. The van der Waals surface area contributed by atoms with E-state index < -0.39 is 0 Å². The first-order chi connectivity index (χ1) is 19.6. The third-order valence-corrected chi connectivity index (χ3v) is 8.95. The fourth-order valence-corrected chi connectivity index (χ4v) is 7.36. The lowest BCUT2D eigenvalue weighted by Crippen LogP contribution is -2.12. The van der Waals surface area contributed by atoms with Crippen molar-refractivity contribution in [2.75, 3.05) is 7.11 Å². The highest BCUT2D eigenvalue weighted by Crippen LogP contribution is 2.53. The fraction of sp³-hybridized carbons (Fsp3) is 0.0556. The quantitative estimate of drug-likeness (QED) is 0.189. The molecule has 9 rings (SSSR count). The molecule has 0 bridgehead atoms. The first-order valence-electron chi connectivity index (χ1n) is 13.3. The lowest BCUT2D eigenvalue weighted by atomic mass is 9.75. The smallest absolute Gasteiger partial charge is 0.194 e. The zero-order valence-electron chi connectivity index (χ0n) is 21.5. The van der Waals surface area contributed by atoms with Gasteiger partial charge in [0, 0.05) is 49.2 Å². The van der Waals surface area contributed by atoms with Crippen LogP contribution in [0.3, 0.4) is 0 Å². The molecule has 7 aromatic rings. The van der Waals surface area contributed by atoms with Gasteiger partial charge in [-0.05, 0) is 68.2 Å². The molecule has 188 valence electrons. The van der Waals surface area contributed by atoms with Gasteiger partial charge in [-0.1, -0.05) is 60.7 Å². The summed E-state index contributed by atoms with van der Waals surface area (Å²) < 4.78 is 6.07. The number of methoxy groups -OCH3 is 1. The van der Waals surface area contributed by atoms with Crippen LogP contribution in [0.2, 0.25) is 0 Å². The van der Waals surface area contributed by atoms with Crippen LogP contribution in [0, 0.1) is 0 Å². The molecule has 0 saturated carbocycles. The summed E-state index contributed by atoms with van der Waals surface area (Å²) in [6.45, 7) is -0.179. The van der Waals surface area contributed by atoms with Crippen LogP contribution < -0.4 is 4.74 Å². The number of carbonyl (C=O) groups is 2. The number of hydrogen-bond acceptors (Lipinski definition) is 4. The van der Waals surface area contributed by atoms with E-state index in [4.69, 9.17) is 4.74 Å². The van der Waals surface area contributed by atoms with Crippen molar-refractivity contribution in [3.05, 3.63) is 113 Å². The van der Waals surface area contributed by atoms with E-state index in [1.807, 2.05) is 84.9 Å². The molecule has 2 aliphatic rings. The summed E-state index contributed by atoms with van der Waals surface area (Å²) >= 11 is 0. The molecule has 0 radical (unpaired) electrons. The molecule has 0 aliphatic heterocycles. The monoisotopic (exact) mass is 516 g/mol. The number of ether oxygens (including phenoxy) is 1. The van der Waals surface area contributed by atoms with E-state index in [1.165, 1.54) is 0 Å². The Morgan fingerprint density at radius 2 is 1.02 bits per heavy atom. The minimum atomic E-state index is -0.179. The number of aliphatic hydroxyl groups excluding tert-OH is 1. The highest BCUT2D eigenvalue weighted by atomic mass is 16.5. The number of carbonyl (C=O) groups excluding carboxylic acids is 2. The van der Waals surface area contributed by atoms with E-state index in [-0.39, 0.29) is 18.2 Å². The standard InChI is InChI=1S/C36H20O4/c1-40-28-15-27-19-7-3-5-9-23(19)36(39)25-13-11-21-20-10-12-24-30-26(18-6-2-4-8-22(18)35(24)38)14-17(16-37)29(32(20)30)34(28)33(21)31(25)27/h2-15,37H,16H2,1H3. The summed E-state index contributed by atoms with van der Waals surface area (Å²) in [5.41, 5.74) is 7.13. The normalized spacial score (nSPS) is 13.4. The maximum absolute atomic E-state index is 13.7. The molecule has 0 fully saturated rings. The van der Waals surface area contributed by atoms with Gasteiger partial charge in [-0.3, -0.25) is 9.59 Å². The van der Waals surface area contributed by atoms with Gasteiger partial charge in [0.2, 0.25) is 0 Å². The number of fused-ring (bicyclic) bond motifs is 6. The van der Waals surface area contributed by atoms with Gasteiger partial charge in [0.15, 0.2) is 11.6 Å². The van der Waals surface area contributed by atoms with Crippen LogP contribution in [0.4, 0.5) is 0 Å². The molecule has 0 spiro atoms. The van der Waals surface area contributed by atoms with Gasteiger partial charge in [0.25, 0.3) is 0 Å². The third-order valence-electron chi connectivity index (χ3n) is 8.95. The van der Waals surface area contributed by atoms with Crippen LogP contribution in [0.5, 0.6) is 5.75 Å². The van der Waals surface area contributed by atoms with E-state index in [9.17, 15) is 14.7 Å². The van der Waals surface area contributed by atoms with Crippen molar-refractivity contribution in [1.82, 2.24) is 0 Å². The van der Waals surface area contributed by atoms with Gasteiger partial charge in [-0.15, -0.1) is 0 Å². The molecule has 7 aromatic carbocycles. The molecule has 0 amide bonds. The summed E-state index contributed by atoms with van der Waals surface area (Å²) in [5, 5.41) is 18.2. The predicted molar refractivity (Wildman–Crippen MR) is 158 cm³/mol. The summed E-state index contributed by atoms with van der Waals surface area (Å²) in [4.78, 5) is 27.4. The average Bonchev–Trinajstić information content (AvgIpc) is 3.01. The van der Waals surface area contributed by atoms with Gasteiger partial charge in [0.05, 0.1) is 13.7 Å². The second-order valence-electron chi connectivity index (χ2n) is 10.7. The second kappa shape index (κ2) is 7.32. The predicted octanol–water partition coefficient (Wildman–Crippen LogP) is 7.66. The number of rotatable bonds is 2. The van der Waals surface area contributed by atoms with Crippen LogP contribution in [0.1, 0.15) is 37.4 Å². The SMILES string of the molecule is COc1cc2c3c(ccc4c5ccc6c7c(cc(CO)c(c1c34)c75)-c1ccccc1C6=O)C(=O)c1ccccc1-2.